The van der Waals surface area contributed by atoms with Gasteiger partial charge in [0.15, 0.2) is 0 Å². The number of sulfonamides is 1. The number of rotatable bonds is 5. The minimum Gasteiger partial charge on any atom is -0.497 e. The third kappa shape index (κ3) is 3.25. The molecule has 6 heteroatoms. The average molecular weight is 342 g/mol. The summed E-state index contributed by atoms with van der Waals surface area (Å²) in [7, 11) is -2.10. The number of nitrogens with zero attached hydrogens (tertiary/aromatic N) is 1. The molecule has 0 fully saturated rings. The molecule has 0 bridgehead atoms. The lowest BCUT2D eigenvalue weighted by Gasteiger charge is -2.16. The maximum atomic E-state index is 12.8. The molecule has 0 amide bonds. The van der Waals surface area contributed by atoms with Gasteiger partial charge in [0.2, 0.25) is 10.0 Å². The molecule has 0 aliphatic rings. The molecule has 124 valence electrons. The van der Waals surface area contributed by atoms with Crippen LogP contribution in [0.1, 0.15) is 18.5 Å². The van der Waals surface area contributed by atoms with Crippen LogP contribution < -0.4 is 9.46 Å². The number of para-hydroxylation sites is 1. The van der Waals surface area contributed by atoms with Crippen molar-refractivity contribution >= 4 is 20.9 Å². The van der Waals surface area contributed by atoms with Crippen LogP contribution in [0.25, 0.3) is 10.9 Å². The SMILES string of the molecule is COc1ccc([C@H](C)NS(=O)(=O)c2cccc3cccnc23)cc1. The highest BCUT2D eigenvalue weighted by molar-refractivity contribution is 7.89. The number of nitrogens with one attached hydrogen (secondary N) is 1. The third-order valence-electron chi connectivity index (χ3n) is 3.83. The summed E-state index contributed by atoms with van der Waals surface area (Å²) in [5, 5.41) is 0.789. The topological polar surface area (TPSA) is 68.3 Å². The highest BCUT2D eigenvalue weighted by Gasteiger charge is 2.21. The molecule has 1 aromatic heterocycles. The van der Waals surface area contributed by atoms with E-state index in [1.54, 1.807) is 50.6 Å². The molecule has 0 aliphatic heterocycles. The number of benzene rings is 2. The Morgan fingerprint density at radius 3 is 2.46 bits per heavy atom. The summed E-state index contributed by atoms with van der Waals surface area (Å²) in [5.41, 5.74) is 1.32. The second-order valence-corrected chi connectivity index (χ2v) is 7.13. The number of aromatic nitrogens is 1. The maximum absolute atomic E-state index is 12.8. The van der Waals surface area contributed by atoms with Gasteiger partial charge in [-0.15, -0.1) is 0 Å². The number of ether oxygens (including phenoxy) is 1. The molecule has 24 heavy (non-hydrogen) atoms. The molecule has 5 nitrogen and oxygen atoms in total. The lowest BCUT2D eigenvalue weighted by atomic mass is 10.1. The number of methoxy groups -OCH3 is 1. The first-order valence-electron chi connectivity index (χ1n) is 7.51. The van der Waals surface area contributed by atoms with Gasteiger partial charge in [0.25, 0.3) is 0 Å². The molecular weight excluding hydrogens is 324 g/mol. The van der Waals surface area contributed by atoms with Gasteiger partial charge in [0, 0.05) is 17.6 Å². The molecule has 3 aromatic rings. The van der Waals surface area contributed by atoms with Gasteiger partial charge in [-0.2, -0.15) is 0 Å². The molecule has 0 spiro atoms. The molecule has 0 aliphatic carbocycles. The van der Waals surface area contributed by atoms with E-state index >= 15 is 0 Å². The Morgan fingerprint density at radius 1 is 1.04 bits per heavy atom. The molecule has 0 radical (unpaired) electrons. The van der Waals surface area contributed by atoms with E-state index in [-0.39, 0.29) is 10.9 Å². The zero-order valence-electron chi connectivity index (χ0n) is 13.4. The fraction of sp³-hybridized carbons (Fsp3) is 0.167. The molecule has 2 aromatic carbocycles. The molecule has 3 rings (SSSR count). The summed E-state index contributed by atoms with van der Waals surface area (Å²) >= 11 is 0. The van der Waals surface area contributed by atoms with Crippen LogP contribution in [0.4, 0.5) is 0 Å². The largest absolute Gasteiger partial charge is 0.497 e. The van der Waals surface area contributed by atoms with Gasteiger partial charge in [-0.05, 0) is 36.8 Å². The van der Waals surface area contributed by atoms with Crippen molar-refractivity contribution in [3.63, 3.8) is 0 Å². The van der Waals surface area contributed by atoms with Crippen LogP contribution in [0.2, 0.25) is 0 Å². The van der Waals surface area contributed by atoms with Gasteiger partial charge in [0.05, 0.1) is 12.6 Å². The Hall–Kier alpha value is -2.44. The first-order valence-corrected chi connectivity index (χ1v) is 8.99. The Bertz CT molecular complexity index is 948. The van der Waals surface area contributed by atoms with Crippen molar-refractivity contribution < 1.29 is 13.2 Å². The first kappa shape index (κ1) is 16.4. The normalized spacial score (nSPS) is 12.9. The van der Waals surface area contributed by atoms with Gasteiger partial charge in [-0.1, -0.05) is 30.3 Å². The minimum atomic E-state index is -3.69. The predicted octanol–water partition coefficient (Wildman–Crippen LogP) is 3.28. The summed E-state index contributed by atoms with van der Waals surface area (Å²) < 4.78 is 33.4. The van der Waals surface area contributed by atoms with Gasteiger partial charge < -0.3 is 4.74 Å². The van der Waals surface area contributed by atoms with E-state index < -0.39 is 10.0 Å². The predicted molar refractivity (Wildman–Crippen MR) is 93.5 cm³/mol. The number of pyridine rings is 1. The second-order valence-electron chi connectivity index (χ2n) is 5.45. The van der Waals surface area contributed by atoms with Crippen molar-refractivity contribution in [2.75, 3.05) is 7.11 Å². The first-order chi connectivity index (χ1) is 11.5. The van der Waals surface area contributed by atoms with E-state index in [0.717, 1.165) is 16.7 Å². The summed E-state index contributed by atoms with van der Waals surface area (Å²) in [6, 6.07) is 15.7. The zero-order chi connectivity index (χ0) is 17.2. The van der Waals surface area contributed by atoms with Crippen LogP contribution in [-0.4, -0.2) is 20.5 Å². The zero-order valence-corrected chi connectivity index (χ0v) is 14.2. The van der Waals surface area contributed by atoms with Crippen molar-refractivity contribution in [1.29, 1.82) is 0 Å². The molecule has 1 N–H and O–H groups in total. The minimum absolute atomic E-state index is 0.181. The van der Waals surface area contributed by atoms with Crippen LogP contribution in [-0.2, 0) is 10.0 Å². The Labute approximate surface area is 141 Å². The summed E-state index contributed by atoms with van der Waals surface area (Å²) in [6.45, 7) is 1.80. The average Bonchev–Trinajstić information content (AvgIpc) is 2.61. The molecule has 1 heterocycles. The standard InChI is InChI=1S/C18H18N2O3S/c1-13(14-8-10-16(23-2)11-9-14)20-24(21,22)17-7-3-5-15-6-4-12-19-18(15)17/h3-13,20H,1-2H3/t13-/m0/s1. The molecule has 0 saturated carbocycles. The Morgan fingerprint density at radius 2 is 1.75 bits per heavy atom. The van der Waals surface area contributed by atoms with Crippen LogP contribution in [0.5, 0.6) is 5.75 Å². The van der Waals surface area contributed by atoms with Gasteiger partial charge in [0.1, 0.15) is 10.6 Å². The van der Waals surface area contributed by atoms with E-state index in [2.05, 4.69) is 9.71 Å². The smallest absolute Gasteiger partial charge is 0.243 e. The van der Waals surface area contributed by atoms with Gasteiger partial charge in [-0.25, -0.2) is 13.1 Å². The fourth-order valence-corrected chi connectivity index (χ4v) is 3.96. The van der Waals surface area contributed by atoms with Crippen LogP contribution in [0, 0.1) is 0 Å². The number of hydrogen-bond acceptors (Lipinski definition) is 4. The molecule has 0 saturated heterocycles. The molecule has 0 unspecified atom stereocenters. The van der Waals surface area contributed by atoms with Gasteiger partial charge in [-0.3, -0.25) is 4.98 Å². The molecule has 1 atom stereocenters. The van der Waals surface area contributed by atoms with E-state index in [1.165, 1.54) is 0 Å². The van der Waals surface area contributed by atoms with Crippen molar-refractivity contribution in [3.05, 3.63) is 66.4 Å². The third-order valence-corrected chi connectivity index (χ3v) is 5.41. The maximum Gasteiger partial charge on any atom is 0.243 e. The number of fused-ring (bicyclic) bond motifs is 1. The van der Waals surface area contributed by atoms with Crippen LogP contribution >= 0.6 is 0 Å². The quantitative estimate of drug-likeness (QED) is 0.772. The van der Waals surface area contributed by atoms with Crippen LogP contribution in [0.3, 0.4) is 0 Å². The van der Waals surface area contributed by atoms with Crippen LogP contribution in [0.15, 0.2) is 65.7 Å². The van der Waals surface area contributed by atoms with E-state index in [1.807, 2.05) is 24.3 Å². The number of hydrogen-bond donors (Lipinski definition) is 1. The fourth-order valence-electron chi connectivity index (χ4n) is 2.55. The highest BCUT2D eigenvalue weighted by Crippen LogP contribution is 2.23. The lowest BCUT2D eigenvalue weighted by Crippen LogP contribution is -2.27. The Kier molecular flexibility index (Phi) is 4.51. The van der Waals surface area contributed by atoms with Crippen molar-refractivity contribution in [3.8, 4) is 5.75 Å². The van der Waals surface area contributed by atoms with Crippen molar-refractivity contribution in [2.45, 2.75) is 17.9 Å². The Balaban J connectivity index is 1.92. The van der Waals surface area contributed by atoms with Crippen molar-refractivity contribution in [2.24, 2.45) is 0 Å². The van der Waals surface area contributed by atoms with E-state index in [9.17, 15) is 8.42 Å². The molecular formula is C18H18N2O3S. The van der Waals surface area contributed by atoms with Gasteiger partial charge >= 0.3 is 0 Å². The second kappa shape index (κ2) is 6.59. The van der Waals surface area contributed by atoms with Crippen molar-refractivity contribution in [1.82, 2.24) is 9.71 Å². The summed E-state index contributed by atoms with van der Waals surface area (Å²) in [6.07, 6.45) is 1.59. The lowest BCUT2D eigenvalue weighted by molar-refractivity contribution is 0.414. The highest BCUT2D eigenvalue weighted by atomic mass is 32.2. The van der Waals surface area contributed by atoms with E-state index in [4.69, 9.17) is 4.74 Å². The monoisotopic (exact) mass is 342 g/mol. The van der Waals surface area contributed by atoms with E-state index in [0.29, 0.717) is 5.52 Å². The summed E-state index contributed by atoms with van der Waals surface area (Å²) in [5.74, 6) is 0.729. The summed E-state index contributed by atoms with van der Waals surface area (Å²) in [4.78, 5) is 4.40.